The molecule has 1 N–H and O–H groups in total. The minimum absolute atomic E-state index is 0.0117. The van der Waals surface area contributed by atoms with Gasteiger partial charge in [0, 0.05) is 57.1 Å². The van der Waals surface area contributed by atoms with Gasteiger partial charge in [-0.15, -0.1) is 0 Å². The van der Waals surface area contributed by atoms with Crippen LogP contribution in [0.15, 0.2) is 54.9 Å². The van der Waals surface area contributed by atoms with Crippen molar-refractivity contribution >= 4 is 23.3 Å². The van der Waals surface area contributed by atoms with Gasteiger partial charge in [-0.25, -0.2) is 9.18 Å². The molecule has 3 aliphatic heterocycles. The zero-order valence-electron chi connectivity index (χ0n) is 21.2. The fourth-order valence-corrected chi connectivity index (χ4v) is 5.47. The normalized spacial score (nSPS) is 20.4. The van der Waals surface area contributed by atoms with Gasteiger partial charge in [-0.2, -0.15) is 9.78 Å². The number of nitrogens with one attached hydrogen (secondary N) is 1. The zero-order chi connectivity index (χ0) is 26.3. The molecular formula is C28H30FN5O4. The number of hydrogen-bond acceptors (Lipinski definition) is 6. The Bertz CT molecular complexity index is 1340. The predicted octanol–water partition coefficient (Wildman–Crippen LogP) is 3.21. The van der Waals surface area contributed by atoms with Gasteiger partial charge in [0.2, 0.25) is 0 Å². The summed E-state index contributed by atoms with van der Waals surface area (Å²) in [7, 11) is 1.70. The lowest BCUT2D eigenvalue weighted by Gasteiger charge is -2.53. The molecule has 6 rings (SSSR count). The molecule has 3 aliphatic rings. The Morgan fingerprint density at radius 3 is 2.66 bits per heavy atom. The second-order valence-corrected chi connectivity index (χ2v) is 10.4. The number of fused-ring (bicyclic) bond motifs is 1. The third-order valence-corrected chi connectivity index (χ3v) is 7.77. The minimum atomic E-state index is -0.873. The number of hydrogen-bond donors (Lipinski definition) is 1. The van der Waals surface area contributed by atoms with Crippen LogP contribution < -0.4 is 19.9 Å². The van der Waals surface area contributed by atoms with Crippen LogP contribution in [0.2, 0.25) is 0 Å². The fourth-order valence-electron chi connectivity index (χ4n) is 5.47. The number of ether oxygens (including phenoxy) is 2. The van der Waals surface area contributed by atoms with Gasteiger partial charge < -0.3 is 24.6 Å². The van der Waals surface area contributed by atoms with E-state index in [0.717, 1.165) is 60.6 Å². The first-order valence-electron chi connectivity index (χ1n) is 12.9. The number of halogens is 1. The van der Waals surface area contributed by atoms with Crippen LogP contribution in [-0.2, 0) is 16.0 Å². The van der Waals surface area contributed by atoms with Crippen molar-refractivity contribution in [3.63, 3.8) is 0 Å². The van der Waals surface area contributed by atoms with Gasteiger partial charge in [-0.1, -0.05) is 12.1 Å². The summed E-state index contributed by atoms with van der Waals surface area (Å²) in [5.41, 5.74) is 3.76. The highest BCUT2D eigenvalue weighted by Crippen LogP contribution is 2.44. The van der Waals surface area contributed by atoms with Gasteiger partial charge in [0.05, 0.1) is 11.9 Å². The molecule has 38 heavy (non-hydrogen) atoms. The Kier molecular flexibility index (Phi) is 6.27. The maximum atomic E-state index is 13.3. The number of likely N-dealkylation sites (N-methyl/N-ethyl adjacent to an activating group) is 1. The lowest BCUT2D eigenvalue weighted by atomic mass is 9.73. The van der Waals surface area contributed by atoms with E-state index in [4.69, 9.17) is 9.47 Å². The highest BCUT2D eigenvalue weighted by atomic mass is 19.1. The average molecular weight is 520 g/mol. The Balaban J connectivity index is 1.10. The van der Waals surface area contributed by atoms with Crippen LogP contribution >= 0.6 is 0 Å². The molecular weight excluding hydrogens is 489 g/mol. The number of nitrogens with zero attached hydrogens (tertiary/aromatic N) is 4. The van der Waals surface area contributed by atoms with E-state index < -0.39 is 12.1 Å². The van der Waals surface area contributed by atoms with Crippen molar-refractivity contribution in [2.75, 3.05) is 49.8 Å². The van der Waals surface area contributed by atoms with E-state index >= 15 is 0 Å². The van der Waals surface area contributed by atoms with Crippen molar-refractivity contribution in [2.45, 2.75) is 25.3 Å². The first-order chi connectivity index (χ1) is 18.4. The number of benzene rings is 2. The van der Waals surface area contributed by atoms with Gasteiger partial charge in [-0.3, -0.25) is 4.79 Å². The van der Waals surface area contributed by atoms with Crippen LogP contribution in [0.25, 0.3) is 0 Å². The van der Waals surface area contributed by atoms with Crippen LogP contribution in [0, 0.1) is 11.2 Å². The molecule has 1 atom stereocenters. The number of rotatable bonds is 4. The molecule has 0 unspecified atom stereocenters. The molecule has 2 saturated heterocycles. The summed E-state index contributed by atoms with van der Waals surface area (Å²) in [5.74, 6) is 0.0344. The Morgan fingerprint density at radius 1 is 1.13 bits per heavy atom. The fraction of sp³-hybridized carbons (Fsp3) is 0.393. The Morgan fingerprint density at radius 2 is 1.89 bits per heavy atom. The summed E-state index contributed by atoms with van der Waals surface area (Å²) < 4.78 is 25.8. The summed E-state index contributed by atoms with van der Waals surface area (Å²) in [6.45, 7) is 3.63. The van der Waals surface area contributed by atoms with Crippen LogP contribution in [0.1, 0.15) is 24.0 Å². The summed E-state index contributed by atoms with van der Waals surface area (Å²) in [5, 5.41) is 6.88. The predicted molar refractivity (Wildman–Crippen MR) is 139 cm³/mol. The van der Waals surface area contributed by atoms with Crippen molar-refractivity contribution < 1.29 is 23.5 Å². The molecule has 0 bridgehead atoms. The summed E-state index contributed by atoms with van der Waals surface area (Å²) in [6, 6.07) is 10.7. The average Bonchev–Trinajstić information content (AvgIpc) is 3.35. The number of amides is 2. The molecule has 10 heteroatoms. The van der Waals surface area contributed by atoms with Gasteiger partial charge >= 0.3 is 6.03 Å². The highest BCUT2D eigenvalue weighted by Gasteiger charge is 2.44. The highest BCUT2D eigenvalue weighted by molar-refractivity contribution is 6.01. The van der Waals surface area contributed by atoms with Crippen LogP contribution in [0.4, 0.5) is 20.6 Å². The summed E-state index contributed by atoms with van der Waals surface area (Å²) in [6.07, 6.45) is 5.86. The van der Waals surface area contributed by atoms with E-state index in [1.807, 2.05) is 18.2 Å². The number of anilines is 2. The van der Waals surface area contributed by atoms with Gasteiger partial charge in [-0.05, 0) is 54.3 Å². The minimum Gasteiger partial charge on any atom is -0.489 e. The molecule has 0 saturated carbocycles. The van der Waals surface area contributed by atoms with Crippen LogP contribution in [0.3, 0.4) is 0 Å². The van der Waals surface area contributed by atoms with Gasteiger partial charge in [0.15, 0.2) is 0 Å². The monoisotopic (exact) mass is 519 g/mol. The van der Waals surface area contributed by atoms with Gasteiger partial charge in [0.1, 0.15) is 24.2 Å². The maximum Gasteiger partial charge on any atom is 0.342 e. The maximum absolute atomic E-state index is 13.3. The standard InChI is InChI=1S/C28H30FN5O4/c1-32-24-13-22(33-17-28(18-33)8-10-37-11-9-28)6-7-25(24)38-16-23(26(32)35)31-27(36)34-15-20(14-30-34)12-19-2-4-21(29)5-3-19/h2-7,13-15,23H,8-12,16-18H2,1H3,(H,31,36)/t23-/m0/s1. The third-order valence-electron chi connectivity index (χ3n) is 7.77. The smallest absolute Gasteiger partial charge is 0.342 e. The number of carbonyl (C=O) groups is 2. The lowest BCUT2D eigenvalue weighted by Crippen LogP contribution is -2.58. The Hall–Kier alpha value is -3.92. The molecule has 2 fully saturated rings. The van der Waals surface area contributed by atoms with Crippen molar-refractivity contribution in [2.24, 2.45) is 5.41 Å². The van der Waals surface area contributed by atoms with E-state index in [1.54, 1.807) is 36.5 Å². The Labute approximate surface area is 220 Å². The largest absolute Gasteiger partial charge is 0.489 e. The summed E-state index contributed by atoms with van der Waals surface area (Å²) in [4.78, 5) is 30.1. The second kappa shape index (κ2) is 9.75. The molecule has 9 nitrogen and oxygen atoms in total. The third kappa shape index (κ3) is 4.71. The van der Waals surface area contributed by atoms with Crippen molar-refractivity contribution in [1.82, 2.24) is 15.1 Å². The SMILES string of the molecule is CN1C(=O)[C@@H](NC(=O)n2cc(Cc3ccc(F)cc3)cn2)COc2ccc(N3CC4(CCOCC4)C3)cc21. The van der Waals surface area contributed by atoms with Crippen molar-refractivity contribution in [1.29, 1.82) is 0 Å². The molecule has 2 amide bonds. The van der Waals surface area contributed by atoms with E-state index in [1.165, 1.54) is 12.1 Å². The molecule has 1 aromatic heterocycles. The van der Waals surface area contributed by atoms with Gasteiger partial charge in [0.25, 0.3) is 5.91 Å². The van der Waals surface area contributed by atoms with Crippen molar-refractivity contribution in [3.8, 4) is 5.75 Å². The van der Waals surface area contributed by atoms with Crippen LogP contribution in [0.5, 0.6) is 5.75 Å². The number of aromatic nitrogens is 2. The number of carbonyl (C=O) groups excluding carboxylic acids is 2. The van der Waals surface area contributed by atoms with E-state index in [2.05, 4.69) is 15.3 Å². The molecule has 0 aliphatic carbocycles. The van der Waals surface area contributed by atoms with E-state index in [-0.39, 0.29) is 18.3 Å². The second-order valence-electron chi connectivity index (χ2n) is 10.4. The lowest BCUT2D eigenvalue weighted by molar-refractivity contribution is -0.120. The van der Waals surface area contributed by atoms with Crippen molar-refractivity contribution in [3.05, 3.63) is 71.8 Å². The molecule has 0 radical (unpaired) electrons. The molecule has 198 valence electrons. The molecule has 1 spiro atoms. The van der Waals surface area contributed by atoms with E-state index in [0.29, 0.717) is 23.3 Å². The molecule has 2 aromatic carbocycles. The molecule has 3 aromatic rings. The molecule has 4 heterocycles. The first kappa shape index (κ1) is 24.4. The first-order valence-corrected chi connectivity index (χ1v) is 12.9. The van der Waals surface area contributed by atoms with E-state index in [9.17, 15) is 14.0 Å². The zero-order valence-corrected chi connectivity index (χ0v) is 21.2. The topological polar surface area (TPSA) is 88.9 Å². The quantitative estimate of drug-likeness (QED) is 0.570. The van der Waals surface area contributed by atoms with Crippen LogP contribution in [-0.4, -0.2) is 67.7 Å². The summed E-state index contributed by atoms with van der Waals surface area (Å²) >= 11 is 0.